The minimum Gasteiger partial charge on any atom is -0.336 e. The molecule has 1 fully saturated rings. The van der Waals surface area contributed by atoms with Gasteiger partial charge < -0.3 is 9.88 Å². The van der Waals surface area contributed by atoms with E-state index >= 15 is 0 Å². The van der Waals surface area contributed by atoms with Crippen LogP contribution >= 0.6 is 0 Å². The van der Waals surface area contributed by atoms with Crippen LogP contribution in [0.15, 0.2) is 46.0 Å². The average Bonchev–Trinajstić information content (AvgIpc) is 3.24. The van der Waals surface area contributed by atoms with Crippen LogP contribution in [0.2, 0.25) is 0 Å². The first-order valence-electron chi connectivity index (χ1n) is 10.8. The Kier molecular flexibility index (Phi) is 5.15. The maximum atomic E-state index is 13.1. The SMILES string of the molecule is O=C(c1cc(=O)[nH]c2ccccc12)N1CCN(CCn2nc3c(cc2=O)CCC3)CC1. The van der Waals surface area contributed by atoms with Gasteiger partial charge in [-0.3, -0.25) is 19.3 Å². The normalized spacial score (nSPS) is 16.6. The van der Waals surface area contributed by atoms with E-state index in [4.69, 9.17) is 0 Å². The van der Waals surface area contributed by atoms with Crippen molar-refractivity contribution >= 4 is 16.8 Å². The zero-order valence-corrected chi connectivity index (χ0v) is 17.3. The second kappa shape index (κ2) is 8.11. The van der Waals surface area contributed by atoms with E-state index in [0.717, 1.165) is 55.5 Å². The van der Waals surface area contributed by atoms with Gasteiger partial charge in [0.2, 0.25) is 5.56 Å². The Morgan fingerprint density at radius 2 is 1.81 bits per heavy atom. The topological polar surface area (TPSA) is 91.3 Å². The summed E-state index contributed by atoms with van der Waals surface area (Å²) in [6.45, 7) is 3.92. The first-order valence-corrected chi connectivity index (χ1v) is 10.8. The summed E-state index contributed by atoms with van der Waals surface area (Å²) in [5.41, 5.74) is 2.97. The molecule has 0 unspecified atom stereocenters. The van der Waals surface area contributed by atoms with E-state index in [1.807, 2.05) is 18.2 Å². The molecule has 3 heterocycles. The highest BCUT2D eigenvalue weighted by molar-refractivity contribution is 6.05. The zero-order valence-electron chi connectivity index (χ0n) is 17.3. The Bertz CT molecular complexity index is 1250. The standard InChI is InChI=1S/C23H25N5O3/c29-21-15-18(17-5-1-2-6-20(17)24-21)23(31)27-11-8-26(9-12-27)10-13-28-22(30)14-16-4-3-7-19(16)25-28/h1-2,5-6,14-15H,3-4,7-13H2,(H,24,29). The van der Waals surface area contributed by atoms with Gasteiger partial charge in [-0.2, -0.15) is 5.10 Å². The summed E-state index contributed by atoms with van der Waals surface area (Å²) >= 11 is 0. The number of para-hydroxylation sites is 1. The second-order valence-corrected chi connectivity index (χ2v) is 8.26. The number of hydrogen-bond donors (Lipinski definition) is 1. The quantitative estimate of drug-likeness (QED) is 0.682. The van der Waals surface area contributed by atoms with Crippen LogP contribution < -0.4 is 11.1 Å². The molecule has 0 radical (unpaired) electrons. The highest BCUT2D eigenvalue weighted by Crippen LogP contribution is 2.18. The number of aromatic nitrogens is 3. The number of piperazine rings is 1. The Morgan fingerprint density at radius 1 is 1.00 bits per heavy atom. The first-order chi connectivity index (χ1) is 15.1. The molecule has 5 rings (SSSR count). The molecule has 0 saturated carbocycles. The number of benzene rings is 1. The van der Waals surface area contributed by atoms with Gasteiger partial charge in [0.15, 0.2) is 0 Å². The maximum Gasteiger partial charge on any atom is 0.267 e. The maximum absolute atomic E-state index is 13.1. The molecular formula is C23H25N5O3. The van der Waals surface area contributed by atoms with Crippen molar-refractivity contribution in [2.24, 2.45) is 0 Å². The van der Waals surface area contributed by atoms with Crippen molar-refractivity contribution in [2.75, 3.05) is 32.7 Å². The van der Waals surface area contributed by atoms with E-state index in [2.05, 4.69) is 15.0 Å². The van der Waals surface area contributed by atoms with Gasteiger partial charge in [-0.1, -0.05) is 18.2 Å². The molecular weight excluding hydrogens is 394 g/mol. The van der Waals surface area contributed by atoms with Gasteiger partial charge in [0, 0.05) is 55.8 Å². The molecule has 0 spiro atoms. The smallest absolute Gasteiger partial charge is 0.267 e. The number of H-pyrrole nitrogens is 1. The number of carbonyl (C=O) groups is 1. The molecule has 8 heteroatoms. The summed E-state index contributed by atoms with van der Waals surface area (Å²) < 4.78 is 1.57. The van der Waals surface area contributed by atoms with Crippen molar-refractivity contribution < 1.29 is 4.79 Å². The van der Waals surface area contributed by atoms with Gasteiger partial charge >= 0.3 is 0 Å². The minimum absolute atomic E-state index is 0.0318. The summed E-state index contributed by atoms with van der Waals surface area (Å²) in [4.78, 5) is 44.2. The molecule has 1 aliphatic carbocycles. The van der Waals surface area contributed by atoms with Crippen LogP contribution in [0.25, 0.3) is 10.9 Å². The number of hydrogen-bond acceptors (Lipinski definition) is 5. The van der Waals surface area contributed by atoms with Gasteiger partial charge in [0.1, 0.15) is 0 Å². The Labute approximate surface area is 179 Å². The molecule has 2 aromatic heterocycles. The summed E-state index contributed by atoms with van der Waals surface area (Å²) in [7, 11) is 0. The lowest BCUT2D eigenvalue weighted by molar-refractivity contribution is 0.0633. The number of aryl methyl sites for hydroxylation is 2. The van der Waals surface area contributed by atoms with E-state index in [0.29, 0.717) is 30.7 Å². The molecule has 31 heavy (non-hydrogen) atoms. The van der Waals surface area contributed by atoms with E-state index in [1.165, 1.54) is 6.07 Å². The fourth-order valence-electron chi connectivity index (χ4n) is 4.56. The van der Waals surface area contributed by atoms with Crippen LogP contribution in [0.1, 0.15) is 28.0 Å². The third-order valence-electron chi connectivity index (χ3n) is 6.29. The molecule has 0 atom stereocenters. The van der Waals surface area contributed by atoms with Crippen LogP contribution in [0.5, 0.6) is 0 Å². The predicted octanol–water partition coefficient (Wildman–Crippen LogP) is 1.03. The molecule has 1 N–H and O–H groups in total. The molecule has 1 aromatic carbocycles. The number of nitrogens with one attached hydrogen (secondary N) is 1. The fourth-order valence-corrected chi connectivity index (χ4v) is 4.56. The molecule has 2 aliphatic rings. The van der Waals surface area contributed by atoms with Gasteiger partial charge in [-0.05, 0) is 30.9 Å². The van der Waals surface area contributed by atoms with Crippen molar-refractivity contribution in [3.05, 3.63) is 73.9 Å². The van der Waals surface area contributed by atoms with Crippen LogP contribution in [0.3, 0.4) is 0 Å². The highest BCUT2D eigenvalue weighted by Gasteiger charge is 2.24. The average molecular weight is 419 g/mol. The van der Waals surface area contributed by atoms with E-state index in [1.54, 1.807) is 21.7 Å². The molecule has 1 saturated heterocycles. The second-order valence-electron chi connectivity index (χ2n) is 8.26. The first kappa shape index (κ1) is 19.7. The van der Waals surface area contributed by atoms with E-state index in [-0.39, 0.29) is 17.0 Å². The monoisotopic (exact) mass is 419 g/mol. The van der Waals surface area contributed by atoms with Crippen LogP contribution in [-0.2, 0) is 19.4 Å². The fraction of sp³-hybridized carbons (Fsp3) is 0.391. The molecule has 160 valence electrons. The Hall–Kier alpha value is -3.26. The van der Waals surface area contributed by atoms with Crippen molar-refractivity contribution in [3.63, 3.8) is 0 Å². The Morgan fingerprint density at radius 3 is 2.65 bits per heavy atom. The van der Waals surface area contributed by atoms with Crippen LogP contribution in [-0.4, -0.2) is 63.2 Å². The van der Waals surface area contributed by atoms with Crippen LogP contribution in [0, 0.1) is 0 Å². The Balaban J connectivity index is 1.23. The lowest BCUT2D eigenvalue weighted by Gasteiger charge is -2.34. The van der Waals surface area contributed by atoms with Gasteiger partial charge in [-0.15, -0.1) is 0 Å². The molecule has 1 amide bonds. The van der Waals surface area contributed by atoms with E-state index < -0.39 is 0 Å². The number of amides is 1. The molecule has 3 aromatic rings. The van der Waals surface area contributed by atoms with Crippen molar-refractivity contribution in [3.8, 4) is 0 Å². The lowest BCUT2D eigenvalue weighted by atomic mass is 10.1. The summed E-state index contributed by atoms with van der Waals surface area (Å²) in [5, 5.41) is 5.30. The number of carbonyl (C=O) groups excluding carboxylic acids is 1. The third-order valence-corrected chi connectivity index (χ3v) is 6.29. The van der Waals surface area contributed by atoms with Crippen molar-refractivity contribution in [2.45, 2.75) is 25.8 Å². The van der Waals surface area contributed by atoms with Crippen molar-refractivity contribution in [1.82, 2.24) is 24.6 Å². The molecule has 1 aliphatic heterocycles. The summed E-state index contributed by atoms with van der Waals surface area (Å²) in [5.74, 6) is -0.113. The molecule has 8 nitrogen and oxygen atoms in total. The largest absolute Gasteiger partial charge is 0.336 e. The molecule has 0 bridgehead atoms. The van der Waals surface area contributed by atoms with Gasteiger partial charge in [0.25, 0.3) is 11.5 Å². The summed E-state index contributed by atoms with van der Waals surface area (Å²) in [6, 6.07) is 10.5. The number of fused-ring (bicyclic) bond motifs is 2. The highest BCUT2D eigenvalue weighted by atomic mass is 16.2. The van der Waals surface area contributed by atoms with Gasteiger partial charge in [-0.25, -0.2) is 4.68 Å². The zero-order chi connectivity index (χ0) is 21.4. The number of aromatic amines is 1. The van der Waals surface area contributed by atoms with Gasteiger partial charge in [0.05, 0.1) is 17.8 Å². The minimum atomic E-state index is -0.270. The van der Waals surface area contributed by atoms with E-state index in [9.17, 15) is 14.4 Å². The third kappa shape index (κ3) is 3.90. The van der Waals surface area contributed by atoms with Crippen molar-refractivity contribution in [1.29, 1.82) is 0 Å². The predicted molar refractivity (Wildman–Crippen MR) is 117 cm³/mol. The lowest BCUT2D eigenvalue weighted by Crippen LogP contribution is -2.49. The number of nitrogens with zero attached hydrogens (tertiary/aromatic N) is 4. The van der Waals surface area contributed by atoms with Crippen LogP contribution in [0.4, 0.5) is 0 Å². The number of pyridine rings is 1. The number of rotatable bonds is 4. The summed E-state index contributed by atoms with van der Waals surface area (Å²) in [6.07, 6.45) is 2.98.